The van der Waals surface area contributed by atoms with Crippen molar-refractivity contribution in [3.8, 4) is 5.75 Å². The lowest BCUT2D eigenvalue weighted by Crippen LogP contribution is -2.53. The molecule has 198 valence electrons. The van der Waals surface area contributed by atoms with Gasteiger partial charge in [-0.2, -0.15) is 8.42 Å². The molecule has 1 heterocycles. The number of ether oxygens (including phenoxy) is 1. The second-order valence-corrected chi connectivity index (χ2v) is 10.1. The molecule has 1 aliphatic heterocycles. The van der Waals surface area contributed by atoms with E-state index in [1.165, 1.54) is 31.8 Å². The Morgan fingerprint density at radius 3 is 1.92 bits per heavy atom. The van der Waals surface area contributed by atoms with Crippen LogP contribution in [0.3, 0.4) is 0 Å². The summed E-state index contributed by atoms with van der Waals surface area (Å²) in [6.07, 6.45) is 0. The fraction of sp³-hybridized carbons (Fsp3) is 0.345. The summed E-state index contributed by atoms with van der Waals surface area (Å²) in [5.41, 5.74) is 2.03. The highest BCUT2D eigenvalue weighted by Gasteiger charge is 2.51. The first kappa shape index (κ1) is 28.4. The van der Waals surface area contributed by atoms with E-state index in [2.05, 4.69) is 25.7 Å². The van der Waals surface area contributed by atoms with Gasteiger partial charge in [0.25, 0.3) is 10.1 Å². The highest BCUT2D eigenvalue weighted by atomic mass is 32.2. The second kappa shape index (κ2) is 12.9. The molecule has 0 unspecified atom stereocenters. The van der Waals surface area contributed by atoms with E-state index in [4.69, 9.17) is 4.74 Å². The van der Waals surface area contributed by atoms with Crippen LogP contribution >= 0.6 is 0 Å². The van der Waals surface area contributed by atoms with Gasteiger partial charge in [0.2, 0.25) is 5.91 Å². The Balaban J connectivity index is 0.000000479. The summed E-state index contributed by atoms with van der Waals surface area (Å²) in [6, 6.07) is 22.6. The number of likely N-dealkylation sites (tertiary alicyclic amines) is 1. The number of rotatable bonds is 9. The second-order valence-electron chi connectivity index (χ2n) is 8.75. The van der Waals surface area contributed by atoms with E-state index in [-0.39, 0.29) is 16.4 Å². The van der Waals surface area contributed by atoms with E-state index in [0.29, 0.717) is 12.3 Å². The lowest BCUT2D eigenvalue weighted by molar-refractivity contribution is -0.151. The van der Waals surface area contributed by atoms with Crippen molar-refractivity contribution >= 4 is 16.0 Å². The highest BCUT2D eigenvalue weighted by Crippen LogP contribution is 2.50. The SMILES string of the molecule is CCN(CC)CC.COc1ccccc1[C@@H]1[C@@H](c2ccccc2S(=O)(=O)O)C(=O)N1Cc1ccccc1. The molecule has 7 nitrogen and oxygen atoms in total. The normalized spacial score (nSPS) is 17.1. The lowest BCUT2D eigenvalue weighted by atomic mass is 9.77. The number of hydrogen-bond acceptors (Lipinski definition) is 5. The molecule has 8 heteroatoms. The summed E-state index contributed by atoms with van der Waals surface area (Å²) in [7, 11) is -2.92. The van der Waals surface area contributed by atoms with E-state index >= 15 is 0 Å². The van der Waals surface area contributed by atoms with Gasteiger partial charge in [0, 0.05) is 12.1 Å². The van der Waals surface area contributed by atoms with Crippen LogP contribution in [0.15, 0.2) is 83.8 Å². The Kier molecular flexibility index (Phi) is 9.86. The summed E-state index contributed by atoms with van der Waals surface area (Å²) in [4.78, 5) is 17.1. The Morgan fingerprint density at radius 1 is 0.838 bits per heavy atom. The molecular formula is C29H36N2O5S. The van der Waals surface area contributed by atoms with Crippen LogP contribution in [0.2, 0.25) is 0 Å². The average molecular weight is 525 g/mol. The quantitative estimate of drug-likeness (QED) is 0.307. The van der Waals surface area contributed by atoms with Crippen molar-refractivity contribution in [3.63, 3.8) is 0 Å². The van der Waals surface area contributed by atoms with Crippen molar-refractivity contribution in [2.45, 2.75) is 44.2 Å². The van der Waals surface area contributed by atoms with Crippen molar-refractivity contribution < 1.29 is 22.5 Å². The molecule has 0 radical (unpaired) electrons. The van der Waals surface area contributed by atoms with Crippen LogP contribution in [0.1, 0.15) is 49.4 Å². The van der Waals surface area contributed by atoms with E-state index in [1.807, 2.05) is 54.6 Å². The monoisotopic (exact) mass is 524 g/mol. The molecule has 2 atom stereocenters. The summed E-state index contributed by atoms with van der Waals surface area (Å²) in [5.74, 6) is -0.337. The van der Waals surface area contributed by atoms with Crippen LogP contribution in [0.25, 0.3) is 0 Å². The molecule has 1 N–H and O–H groups in total. The number of carbonyl (C=O) groups is 1. The largest absolute Gasteiger partial charge is 0.496 e. The Hall–Kier alpha value is -3.20. The predicted molar refractivity (Wildman–Crippen MR) is 145 cm³/mol. The topological polar surface area (TPSA) is 87.1 Å². The number of para-hydroxylation sites is 1. The van der Waals surface area contributed by atoms with E-state index in [0.717, 1.165) is 11.1 Å². The van der Waals surface area contributed by atoms with Crippen LogP contribution in [0, 0.1) is 0 Å². The molecule has 1 amide bonds. The van der Waals surface area contributed by atoms with Crippen LogP contribution in [0.4, 0.5) is 0 Å². The molecule has 0 aromatic heterocycles. The molecule has 1 aliphatic rings. The number of benzene rings is 3. The van der Waals surface area contributed by atoms with Gasteiger partial charge in [-0.3, -0.25) is 9.35 Å². The molecule has 0 aliphatic carbocycles. The van der Waals surface area contributed by atoms with Gasteiger partial charge >= 0.3 is 0 Å². The third-order valence-corrected chi connectivity index (χ3v) is 7.66. The fourth-order valence-corrected chi connectivity index (χ4v) is 5.45. The average Bonchev–Trinajstić information content (AvgIpc) is 2.91. The number of methoxy groups -OCH3 is 1. The Bertz CT molecular complexity index is 1270. The van der Waals surface area contributed by atoms with Gasteiger partial charge in [-0.1, -0.05) is 87.5 Å². The van der Waals surface area contributed by atoms with Crippen LogP contribution in [-0.2, 0) is 21.5 Å². The lowest BCUT2D eigenvalue weighted by Gasteiger charge is -2.48. The van der Waals surface area contributed by atoms with Crippen molar-refractivity contribution in [2.75, 3.05) is 26.7 Å². The van der Waals surface area contributed by atoms with Crippen LogP contribution in [0.5, 0.6) is 5.75 Å². The first-order valence-electron chi connectivity index (χ1n) is 12.5. The number of amides is 1. The zero-order chi connectivity index (χ0) is 27.0. The van der Waals surface area contributed by atoms with Gasteiger partial charge in [-0.25, -0.2) is 0 Å². The molecule has 0 spiro atoms. The zero-order valence-electron chi connectivity index (χ0n) is 21.9. The van der Waals surface area contributed by atoms with Gasteiger partial charge < -0.3 is 14.5 Å². The van der Waals surface area contributed by atoms with Gasteiger partial charge in [0.1, 0.15) is 5.75 Å². The summed E-state index contributed by atoms with van der Waals surface area (Å²) in [5, 5.41) is 0. The van der Waals surface area contributed by atoms with Crippen molar-refractivity contribution in [3.05, 3.63) is 95.6 Å². The summed E-state index contributed by atoms with van der Waals surface area (Å²) < 4.78 is 39.1. The van der Waals surface area contributed by atoms with Gasteiger partial charge in [0.05, 0.1) is 24.0 Å². The standard InChI is InChI=1S/C23H21NO5S.C6H15N/c1-29-19-13-7-5-11-17(19)22-21(18-12-6-8-14-20(18)30(26,27)28)23(25)24(22)15-16-9-3-2-4-10-16;1-4-7(5-2)6-3/h2-14,21-22H,15H2,1H3,(H,26,27,28);4-6H2,1-3H3/t21-,22-;/m1./s1. The molecule has 4 rings (SSSR count). The third-order valence-electron chi connectivity index (χ3n) is 6.73. The molecule has 3 aromatic carbocycles. The molecule has 0 saturated carbocycles. The fourth-order valence-electron chi connectivity index (χ4n) is 4.71. The summed E-state index contributed by atoms with van der Waals surface area (Å²) in [6.45, 7) is 10.5. The van der Waals surface area contributed by atoms with Crippen molar-refractivity contribution in [2.24, 2.45) is 0 Å². The molecule has 1 saturated heterocycles. The van der Waals surface area contributed by atoms with Crippen LogP contribution < -0.4 is 4.74 Å². The van der Waals surface area contributed by atoms with Crippen LogP contribution in [-0.4, -0.2) is 55.4 Å². The van der Waals surface area contributed by atoms with E-state index < -0.39 is 22.1 Å². The molecule has 3 aromatic rings. The molecule has 0 bridgehead atoms. The number of hydrogen-bond donors (Lipinski definition) is 1. The number of nitrogens with zero attached hydrogens (tertiary/aromatic N) is 2. The maximum atomic E-state index is 13.2. The van der Waals surface area contributed by atoms with Crippen molar-refractivity contribution in [1.29, 1.82) is 0 Å². The molecule has 37 heavy (non-hydrogen) atoms. The molecular weight excluding hydrogens is 488 g/mol. The smallest absolute Gasteiger partial charge is 0.294 e. The minimum absolute atomic E-state index is 0.203. The maximum absolute atomic E-state index is 13.2. The van der Waals surface area contributed by atoms with Gasteiger partial charge in [-0.15, -0.1) is 0 Å². The van der Waals surface area contributed by atoms with Gasteiger partial charge in [-0.05, 0) is 42.9 Å². The highest BCUT2D eigenvalue weighted by molar-refractivity contribution is 7.85. The maximum Gasteiger partial charge on any atom is 0.294 e. The minimum atomic E-state index is -4.48. The van der Waals surface area contributed by atoms with Gasteiger partial charge in [0.15, 0.2) is 0 Å². The molecule has 1 fully saturated rings. The van der Waals surface area contributed by atoms with Crippen molar-refractivity contribution in [1.82, 2.24) is 9.80 Å². The number of carbonyl (C=O) groups excluding carboxylic acids is 1. The zero-order valence-corrected chi connectivity index (χ0v) is 22.7. The van der Waals surface area contributed by atoms with E-state index in [1.54, 1.807) is 24.1 Å². The summed E-state index contributed by atoms with van der Waals surface area (Å²) >= 11 is 0. The first-order chi connectivity index (χ1) is 17.8. The minimum Gasteiger partial charge on any atom is -0.496 e. The Morgan fingerprint density at radius 2 is 1.38 bits per heavy atom. The predicted octanol–water partition coefficient (Wildman–Crippen LogP) is 5.16. The van der Waals surface area contributed by atoms with E-state index in [9.17, 15) is 17.8 Å². The first-order valence-corrected chi connectivity index (χ1v) is 14.0. The Labute approximate surface area is 220 Å². The third kappa shape index (κ3) is 6.57. The number of β-lactam (4-membered cyclic amide) rings is 1.